The molecule has 0 radical (unpaired) electrons. The fourth-order valence-corrected chi connectivity index (χ4v) is 2.01. The van der Waals surface area contributed by atoms with Crippen molar-refractivity contribution in [2.45, 2.75) is 13.8 Å². The van der Waals surface area contributed by atoms with Gasteiger partial charge in [0, 0.05) is 5.02 Å². The summed E-state index contributed by atoms with van der Waals surface area (Å²) in [5.41, 5.74) is 1.51. The SMILES string of the molecule is Cc1cc(Oc2cc([N+](=O)[O-])cc(Cl)n2)cc(C)c1Cl. The number of nitrogens with zero attached hydrogens (tertiary/aromatic N) is 2. The highest BCUT2D eigenvalue weighted by atomic mass is 35.5. The summed E-state index contributed by atoms with van der Waals surface area (Å²) in [4.78, 5) is 14.1. The van der Waals surface area contributed by atoms with Gasteiger partial charge in [-0.25, -0.2) is 4.98 Å². The van der Waals surface area contributed by atoms with Gasteiger partial charge < -0.3 is 4.74 Å². The van der Waals surface area contributed by atoms with Crippen LogP contribution in [-0.4, -0.2) is 9.91 Å². The molecule has 0 unspecified atom stereocenters. The van der Waals surface area contributed by atoms with Crippen molar-refractivity contribution in [1.82, 2.24) is 4.98 Å². The zero-order valence-corrected chi connectivity index (χ0v) is 12.2. The van der Waals surface area contributed by atoms with E-state index in [4.69, 9.17) is 27.9 Å². The minimum Gasteiger partial charge on any atom is -0.439 e. The number of halogens is 2. The molecule has 0 fully saturated rings. The molecule has 0 bridgehead atoms. The first-order valence-corrected chi connectivity index (χ1v) is 6.39. The molecule has 2 aromatic rings. The minimum atomic E-state index is -0.557. The number of hydrogen-bond acceptors (Lipinski definition) is 4. The van der Waals surface area contributed by atoms with Gasteiger partial charge in [-0.15, -0.1) is 0 Å². The van der Waals surface area contributed by atoms with E-state index in [0.717, 1.165) is 17.2 Å². The van der Waals surface area contributed by atoms with E-state index >= 15 is 0 Å². The van der Waals surface area contributed by atoms with Gasteiger partial charge >= 0.3 is 0 Å². The monoisotopic (exact) mass is 312 g/mol. The lowest BCUT2D eigenvalue weighted by Gasteiger charge is -2.09. The second kappa shape index (κ2) is 5.64. The molecular weight excluding hydrogens is 303 g/mol. The maximum atomic E-state index is 10.8. The minimum absolute atomic E-state index is 0.00314. The summed E-state index contributed by atoms with van der Waals surface area (Å²) in [6.45, 7) is 3.69. The number of rotatable bonds is 3. The zero-order chi connectivity index (χ0) is 14.9. The van der Waals surface area contributed by atoms with Gasteiger partial charge in [-0.05, 0) is 37.1 Å². The molecule has 0 saturated heterocycles. The van der Waals surface area contributed by atoms with Gasteiger partial charge in [-0.1, -0.05) is 23.2 Å². The molecule has 0 aliphatic heterocycles. The van der Waals surface area contributed by atoms with E-state index in [0.29, 0.717) is 10.8 Å². The lowest BCUT2D eigenvalue weighted by molar-refractivity contribution is -0.385. The molecule has 104 valence electrons. The molecule has 0 atom stereocenters. The molecule has 0 aliphatic rings. The maximum absolute atomic E-state index is 10.8. The number of ether oxygens (including phenoxy) is 1. The van der Waals surface area contributed by atoms with Crippen LogP contribution < -0.4 is 4.74 Å². The number of pyridine rings is 1. The van der Waals surface area contributed by atoms with Gasteiger partial charge in [-0.3, -0.25) is 10.1 Å². The Morgan fingerprint density at radius 3 is 2.30 bits per heavy atom. The molecule has 0 saturated carbocycles. The lowest BCUT2D eigenvalue weighted by Crippen LogP contribution is -1.94. The second-order valence-corrected chi connectivity index (χ2v) is 4.98. The van der Waals surface area contributed by atoms with Gasteiger partial charge in [0.2, 0.25) is 5.88 Å². The molecule has 7 heteroatoms. The molecule has 0 aliphatic carbocycles. The molecule has 20 heavy (non-hydrogen) atoms. The molecule has 5 nitrogen and oxygen atoms in total. The van der Waals surface area contributed by atoms with E-state index in [9.17, 15) is 10.1 Å². The van der Waals surface area contributed by atoms with Crippen LogP contribution in [0.5, 0.6) is 11.6 Å². The average Bonchev–Trinajstić information content (AvgIpc) is 2.35. The van der Waals surface area contributed by atoms with Crippen molar-refractivity contribution >= 4 is 28.9 Å². The third-order valence-electron chi connectivity index (χ3n) is 2.60. The smallest absolute Gasteiger partial charge is 0.277 e. The predicted molar refractivity (Wildman–Crippen MR) is 76.9 cm³/mol. The van der Waals surface area contributed by atoms with Gasteiger partial charge in [0.15, 0.2) is 0 Å². The Balaban J connectivity index is 2.37. The van der Waals surface area contributed by atoms with Crippen LogP contribution in [0.3, 0.4) is 0 Å². The van der Waals surface area contributed by atoms with Crippen molar-refractivity contribution in [3.05, 3.63) is 55.7 Å². The third-order valence-corrected chi connectivity index (χ3v) is 3.39. The Morgan fingerprint density at radius 1 is 1.15 bits per heavy atom. The Kier molecular flexibility index (Phi) is 4.11. The number of aryl methyl sites for hydroxylation is 2. The number of hydrogen-bond donors (Lipinski definition) is 0. The highest BCUT2D eigenvalue weighted by Crippen LogP contribution is 2.30. The highest BCUT2D eigenvalue weighted by Gasteiger charge is 2.12. The summed E-state index contributed by atoms with van der Waals surface area (Å²) >= 11 is 11.8. The number of benzene rings is 1. The first-order chi connectivity index (χ1) is 9.36. The van der Waals surface area contributed by atoms with E-state index in [1.165, 1.54) is 6.07 Å². The van der Waals surface area contributed by atoms with Crippen molar-refractivity contribution in [2.75, 3.05) is 0 Å². The van der Waals surface area contributed by atoms with E-state index in [-0.39, 0.29) is 16.7 Å². The largest absolute Gasteiger partial charge is 0.439 e. The van der Waals surface area contributed by atoms with Gasteiger partial charge in [0.05, 0.1) is 17.1 Å². The molecule has 0 spiro atoms. The lowest BCUT2D eigenvalue weighted by atomic mass is 10.1. The maximum Gasteiger partial charge on any atom is 0.277 e. The Bertz CT molecular complexity index is 666. The van der Waals surface area contributed by atoms with Crippen LogP contribution in [0.4, 0.5) is 5.69 Å². The Hall–Kier alpha value is -1.85. The van der Waals surface area contributed by atoms with Crippen LogP contribution in [0.2, 0.25) is 10.2 Å². The first kappa shape index (κ1) is 14.6. The van der Waals surface area contributed by atoms with Crippen molar-refractivity contribution in [1.29, 1.82) is 0 Å². The summed E-state index contributed by atoms with van der Waals surface area (Å²) < 4.78 is 5.51. The molecule has 1 aromatic heterocycles. The van der Waals surface area contributed by atoms with Crippen LogP contribution >= 0.6 is 23.2 Å². The Labute approximate surface area is 125 Å². The molecule has 2 rings (SSSR count). The summed E-state index contributed by atoms with van der Waals surface area (Å²) in [5.74, 6) is 0.554. The van der Waals surface area contributed by atoms with E-state index in [2.05, 4.69) is 4.98 Å². The van der Waals surface area contributed by atoms with Gasteiger partial charge in [-0.2, -0.15) is 0 Å². The summed E-state index contributed by atoms with van der Waals surface area (Å²) in [5, 5.41) is 11.4. The van der Waals surface area contributed by atoms with Crippen LogP contribution in [0, 0.1) is 24.0 Å². The fourth-order valence-electron chi connectivity index (χ4n) is 1.70. The van der Waals surface area contributed by atoms with Gasteiger partial charge in [0.25, 0.3) is 5.69 Å². The normalized spacial score (nSPS) is 10.4. The second-order valence-electron chi connectivity index (χ2n) is 4.22. The quantitative estimate of drug-likeness (QED) is 0.468. The summed E-state index contributed by atoms with van der Waals surface area (Å²) in [6.07, 6.45) is 0. The molecule has 1 aromatic carbocycles. The van der Waals surface area contributed by atoms with E-state index < -0.39 is 4.92 Å². The standard InChI is InChI=1S/C13H10Cl2N2O3/c1-7-3-10(4-8(2)13(7)15)20-12-6-9(17(18)19)5-11(14)16-12/h3-6H,1-2H3. The van der Waals surface area contributed by atoms with Crippen LogP contribution in [-0.2, 0) is 0 Å². The molecule has 0 amide bonds. The Morgan fingerprint density at radius 2 is 1.75 bits per heavy atom. The zero-order valence-electron chi connectivity index (χ0n) is 10.7. The van der Waals surface area contributed by atoms with Crippen molar-refractivity contribution < 1.29 is 9.66 Å². The fraction of sp³-hybridized carbons (Fsp3) is 0.154. The van der Waals surface area contributed by atoms with Crippen molar-refractivity contribution in [2.24, 2.45) is 0 Å². The highest BCUT2D eigenvalue weighted by molar-refractivity contribution is 6.32. The average molecular weight is 313 g/mol. The first-order valence-electron chi connectivity index (χ1n) is 5.63. The molecule has 1 heterocycles. The van der Waals surface area contributed by atoms with Crippen molar-refractivity contribution in [3.8, 4) is 11.6 Å². The van der Waals surface area contributed by atoms with Crippen LogP contribution in [0.1, 0.15) is 11.1 Å². The van der Waals surface area contributed by atoms with Crippen molar-refractivity contribution in [3.63, 3.8) is 0 Å². The van der Waals surface area contributed by atoms with Crippen LogP contribution in [0.15, 0.2) is 24.3 Å². The summed E-state index contributed by atoms with van der Waals surface area (Å²) in [6, 6.07) is 5.82. The summed E-state index contributed by atoms with van der Waals surface area (Å²) in [7, 11) is 0. The molecule has 0 N–H and O–H groups in total. The number of nitro groups is 1. The van der Waals surface area contributed by atoms with E-state index in [1.807, 2.05) is 13.8 Å². The van der Waals surface area contributed by atoms with Crippen LogP contribution in [0.25, 0.3) is 0 Å². The molecular formula is C13H10Cl2N2O3. The van der Waals surface area contributed by atoms with E-state index in [1.54, 1.807) is 12.1 Å². The third kappa shape index (κ3) is 3.18. The van der Waals surface area contributed by atoms with Gasteiger partial charge in [0.1, 0.15) is 10.9 Å². The predicted octanol–water partition coefficient (Wildman–Crippen LogP) is 4.71. The topological polar surface area (TPSA) is 65.3 Å². The number of aromatic nitrogens is 1.